The third kappa shape index (κ3) is 2.82. The summed E-state index contributed by atoms with van der Waals surface area (Å²) in [6.07, 6.45) is 2.04. The minimum Gasteiger partial charge on any atom is -0.391 e. The van der Waals surface area contributed by atoms with E-state index in [-0.39, 0.29) is 17.9 Å². The number of aliphatic hydroxyl groups excluding tert-OH is 1. The van der Waals surface area contributed by atoms with Crippen molar-refractivity contribution in [2.24, 2.45) is 5.92 Å². The van der Waals surface area contributed by atoms with Gasteiger partial charge in [-0.05, 0) is 31.2 Å². The monoisotopic (exact) mass is 327 g/mol. The van der Waals surface area contributed by atoms with E-state index in [4.69, 9.17) is 4.52 Å². The highest BCUT2D eigenvalue weighted by atomic mass is 16.5. The molecule has 1 unspecified atom stereocenters. The topological polar surface area (TPSA) is 79.5 Å². The summed E-state index contributed by atoms with van der Waals surface area (Å²) >= 11 is 0. The van der Waals surface area contributed by atoms with Crippen LogP contribution < -0.4 is 0 Å². The lowest BCUT2D eigenvalue weighted by Gasteiger charge is -2.27. The number of aryl methyl sites for hydroxylation is 1. The van der Waals surface area contributed by atoms with Crippen molar-refractivity contribution < 1.29 is 14.4 Å². The van der Waals surface area contributed by atoms with E-state index in [0.717, 1.165) is 18.4 Å². The second kappa shape index (κ2) is 6.02. The molecule has 126 valence electrons. The van der Waals surface area contributed by atoms with Crippen LogP contribution in [0.15, 0.2) is 34.9 Å². The Morgan fingerprint density at radius 1 is 1.33 bits per heavy atom. The Morgan fingerprint density at radius 2 is 2.08 bits per heavy atom. The fourth-order valence-corrected chi connectivity index (χ4v) is 3.62. The second-order valence-electron chi connectivity index (χ2n) is 6.80. The summed E-state index contributed by atoms with van der Waals surface area (Å²) in [5, 5.41) is 13.9. The third-order valence-corrected chi connectivity index (χ3v) is 4.91. The van der Waals surface area contributed by atoms with Crippen LogP contribution >= 0.6 is 0 Å². The first kappa shape index (κ1) is 15.3. The first-order chi connectivity index (χ1) is 11.6. The predicted octanol–water partition coefficient (Wildman–Crippen LogP) is 2.21. The minimum absolute atomic E-state index is 0.0566. The van der Waals surface area contributed by atoms with Crippen LogP contribution in [0.2, 0.25) is 0 Å². The quantitative estimate of drug-likeness (QED) is 0.931. The van der Waals surface area contributed by atoms with E-state index in [0.29, 0.717) is 30.6 Å². The van der Waals surface area contributed by atoms with Crippen molar-refractivity contribution in [3.63, 3.8) is 0 Å². The maximum absolute atomic E-state index is 13.3. The van der Waals surface area contributed by atoms with Crippen molar-refractivity contribution in [1.82, 2.24) is 15.0 Å². The first-order valence-electron chi connectivity index (χ1n) is 8.47. The normalized spacial score (nSPS) is 25.0. The van der Waals surface area contributed by atoms with E-state index in [1.54, 1.807) is 11.8 Å². The van der Waals surface area contributed by atoms with Crippen molar-refractivity contribution in [3.8, 4) is 0 Å². The van der Waals surface area contributed by atoms with Gasteiger partial charge >= 0.3 is 0 Å². The molecule has 24 heavy (non-hydrogen) atoms. The lowest BCUT2D eigenvalue weighted by molar-refractivity contribution is -0.135. The summed E-state index contributed by atoms with van der Waals surface area (Å²) in [6.45, 7) is 2.07. The zero-order chi connectivity index (χ0) is 16.7. The fourth-order valence-electron chi connectivity index (χ4n) is 3.62. The van der Waals surface area contributed by atoms with Gasteiger partial charge in [0.05, 0.1) is 12.0 Å². The Morgan fingerprint density at radius 3 is 2.71 bits per heavy atom. The number of aromatic nitrogens is 2. The number of benzene rings is 1. The molecule has 1 amide bonds. The molecule has 1 aliphatic heterocycles. The predicted molar refractivity (Wildman–Crippen MR) is 86.0 cm³/mol. The summed E-state index contributed by atoms with van der Waals surface area (Å²) in [5.74, 6) is 1.26. The Balaban J connectivity index is 1.63. The molecular formula is C18H21N3O3. The Labute approximate surface area is 140 Å². The maximum Gasteiger partial charge on any atom is 0.249 e. The summed E-state index contributed by atoms with van der Waals surface area (Å²) in [7, 11) is 0. The molecule has 1 aliphatic carbocycles. The molecule has 3 atom stereocenters. The van der Waals surface area contributed by atoms with E-state index in [2.05, 4.69) is 10.1 Å². The van der Waals surface area contributed by atoms with Gasteiger partial charge in [-0.25, -0.2) is 0 Å². The molecule has 1 N–H and O–H groups in total. The number of carbonyl (C=O) groups excluding carboxylic acids is 1. The van der Waals surface area contributed by atoms with Gasteiger partial charge in [-0.2, -0.15) is 4.98 Å². The molecule has 2 aliphatic rings. The van der Waals surface area contributed by atoms with Crippen LogP contribution in [-0.2, 0) is 4.79 Å². The molecule has 1 saturated carbocycles. The number of hydrogen-bond donors (Lipinski definition) is 1. The zero-order valence-corrected chi connectivity index (χ0v) is 13.6. The maximum atomic E-state index is 13.3. The molecule has 0 spiro atoms. The van der Waals surface area contributed by atoms with Gasteiger partial charge in [-0.1, -0.05) is 35.5 Å². The van der Waals surface area contributed by atoms with E-state index in [1.165, 1.54) is 0 Å². The highest BCUT2D eigenvalue weighted by Crippen LogP contribution is 2.45. The molecule has 1 saturated heterocycles. The molecule has 6 nitrogen and oxygen atoms in total. The molecule has 2 aromatic rings. The van der Waals surface area contributed by atoms with Gasteiger partial charge in [0.1, 0.15) is 6.04 Å². The molecule has 0 radical (unpaired) electrons. The van der Waals surface area contributed by atoms with Crippen molar-refractivity contribution in [3.05, 3.63) is 47.6 Å². The number of β-amino-alcohol motifs (C(OH)–C–C–N with tert-alkyl or cyclic N) is 1. The minimum atomic E-state index is -0.554. The summed E-state index contributed by atoms with van der Waals surface area (Å²) in [6, 6.07) is 9.59. The largest absolute Gasteiger partial charge is 0.391 e. The van der Waals surface area contributed by atoms with Crippen LogP contribution in [0.3, 0.4) is 0 Å². The number of nitrogens with zero attached hydrogens (tertiary/aromatic N) is 3. The number of amides is 1. The van der Waals surface area contributed by atoms with Gasteiger partial charge in [-0.15, -0.1) is 0 Å². The van der Waals surface area contributed by atoms with Crippen LogP contribution in [0.5, 0.6) is 0 Å². The fraction of sp³-hybridized carbons (Fsp3) is 0.500. The highest BCUT2D eigenvalue weighted by molar-refractivity contribution is 5.85. The van der Waals surface area contributed by atoms with Crippen LogP contribution in [-0.4, -0.2) is 38.7 Å². The van der Waals surface area contributed by atoms with Crippen molar-refractivity contribution >= 4 is 5.91 Å². The number of carbonyl (C=O) groups is 1. The molecule has 0 bridgehead atoms. The van der Waals surface area contributed by atoms with Crippen LogP contribution in [0.1, 0.15) is 48.5 Å². The smallest absolute Gasteiger partial charge is 0.249 e. The van der Waals surface area contributed by atoms with Gasteiger partial charge < -0.3 is 14.5 Å². The SMILES string of the molecule is Cc1noc([C@H]2C[C@@H](O)CN2C(=O)C(c2ccccc2)C2CC2)n1. The first-order valence-corrected chi connectivity index (χ1v) is 8.47. The summed E-state index contributed by atoms with van der Waals surface area (Å²) in [5.41, 5.74) is 1.05. The highest BCUT2D eigenvalue weighted by Gasteiger charge is 2.45. The van der Waals surface area contributed by atoms with Crippen molar-refractivity contribution in [2.75, 3.05) is 6.54 Å². The molecule has 6 heteroatoms. The van der Waals surface area contributed by atoms with E-state index < -0.39 is 6.10 Å². The van der Waals surface area contributed by atoms with Gasteiger partial charge in [0.15, 0.2) is 5.82 Å². The number of aliphatic hydroxyl groups is 1. The Kier molecular flexibility index (Phi) is 3.84. The van der Waals surface area contributed by atoms with E-state index in [9.17, 15) is 9.90 Å². The standard InChI is InChI=1S/C18H21N3O3/c1-11-19-17(24-20-11)15-9-14(22)10-21(15)18(23)16(13-7-8-13)12-5-3-2-4-6-12/h2-6,13-16,22H,7-10H2,1H3/t14-,15-,16?/m1/s1. The number of rotatable bonds is 4. The molecular weight excluding hydrogens is 306 g/mol. The van der Waals surface area contributed by atoms with Crippen LogP contribution in [0.25, 0.3) is 0 Å². The Hall–Kier alpha value is -2.21. The van der Waals surface area contributed by atoms with Gasteiger partial charge in [0, 0.05) is 13.0 Å². The second-order valence-corrected chi connectivity index (χ2v) is 6.80. The number of hydrogen-bond acceptors (Lipinski definition) is 5. The third-order valence-electron chi connectivity index (χ3n) is 4.91. The Bertz CT molecular complexity index is 726. The lowest BCUT2D eigenvalue weighted by atomic mass is 9.92. The molecule has 1 aromatic heterocycles. The van der Waals surface area contributed by atoms with Gasteiger partial charge in [-0.3, -0.25) is 4.79 Å². The van der Waals surface area contributed by atoms with Crippen molar-refractivity contribution in [2.45, 2.75) is 44.2 Å². The average molecular weight is 327 g/mol. The van der Waals surface area contributed by atoms with Crippen LogP contribution in [0, 0.1) is 12.8 Å². The molecule has 2 heterocycles. The van der Waals surface area contributed by atoms with E-state index in [1.807, 2.05) is 30.3 Å². The van der Waals surface area contributed by atoms with E-state index >= 15 is 0 Å². The van der Waals surface area contributed by atoms with Crippen molar-refractivity contribution in [1.29, 1.82) is 0 Å². The molecule has 1 aromatic carbocycles. The molecule has 4 rings (SSSR count). The van der Waals surface area contributed by atoms with Gasteiger partial charge in [0.25, 0.3) is 0 Å². The van der Waals surface area contributed by atoms with Gasteiger partial charge in [0.2, 0.25) is 11.8 Å². The average Bonchev–Trinajstić information content (AvgIpc) is 3.18. The summed E-state index contributed by atoms with van der Waals surface area (Å²) < 4.78 is 5.27. The van der Waals surface area contributed by atoms with Crippen LogP contribution in [0.4, 0.5) is 0 Å². The number of likely N-dealkylation sites (tertiary alicyclic amines) is 1. The lowest BCUT2D eigenvalue weighted by Crippen LogP contribution is -2.36. The summed E-state index contributed by atoms with van der Waals surface area (Å²) in [4.78, 5) is 19.3. The zero-order valence-electron chi connectivity index (χ0n) is 13.6. The molecule has 2 fully saturated rings.